The molecule has 1 aliphatic heterocycles. The Morgan fingerprint density at radius 3 is 2.72 bits per heavy atom. The molecule has 0 atom stereocenters. The maximum absolute atomic E-state index is 13.3. The van der Waals surface area contributed by atoms with Crippen LogP contribution in [0.4, 0.5) is 0 Å². The molecule has 2 N–H and O–H groups in total. The topological polar surface area (TPSA) is 96.4 Å². The first-order valence-corrected chi connectivity index (χ1v) is 10.6. The number of benzene rings is 1. The highest BCUT2D eigenvalue weighted by molar-refractivity contribution is 5.96. The van der Waals surface area contributed by atoms with Crippen LogP contribution in [0.3, 0.4) is 0 Å². The molecule has 0 bridgehead atoms. The molecule has 1 aliphatic rings. The molecule has 4 rings (SSSR count). The van der Waals surface area contributed by atoms with E-state index in [0.29, 0.717) is 50.3 Å². The Hall–Kier alpha value is -3.65. The largest absolute Gasteiger partial charge is 0.383 e. The van der Waals surface area contributed by atoms with Crippen molar-refractivity contribution in [3.63, 3.8) is 0 Å². The molecule has 8 heteroatoms. The second-order valence-corrected chi connectivity index (χ2v) is 7.75. The lowest BCUT2D eigenvalue weighted by Gasteiger charge is -2.30. The van der Waals surface area contributed by atoms with Crippen LogP contribution in [0, 0.1) is 0 Å². The highest BCUT2D eigenvalue weighted by atomic mass is 16.5. The Bertz CT molecular complexity index is 1150. The minimum atomic E-state index is -0.406. The third kappa shape index (κ3) is 4.50. The Balaban J connectivity index is 1.70. The number of fused-ring (bicyclic) bond motifs is 1. The second-order valence-electron chi connectivity index (χ2n) is 7.75. The average molecular weight is 434 g/mol. The smallest absolute Gasteiger partial charge is 0.264 e. The van der Waals surface area contributed by atoms with Crippen LogP contribution in [0.1, 0.15) is 37.4 Å². The number of hydrogen-bond acceptors (Lipinski definition) is 4. The van der Waals surface area contributed by atoms with Crippen molar-refractivity contribution in [1.29, 1.82) is 0 Å². The van der Waals surface area contributed by atoms with Gasteiger partial charge in [-0.05, 0) is 29.2 Å². The van der Waals surface area contributed by atoms with Crippen LogP contribution in [-0.2, 0) is 24.2 Å². The number of aromatic nitrogens is 2. The number of hydrogen-bond donors (Lipinski definition) is 2. The van der Waals surface area contributed by atoms with E-state index in [9.17, 15) is 14.4 Å². The van der Waals surface area contributed by atoms with Gasteiger partial charge in [0.1, 0.15) is 5.56 Å². The highest BCUT2D eigenvalue weighted by Gasteiger charge is 2.28. The standard InChI is InChI=1S/C24H26N4O4/c1-32-12-10-26-22(29)21-20-8-11-27(23(30)18-7-9-25-13-18)15-19(20)16-28(24(21)31)14-17-5-3-2-4-6-17/h2-7,9,13,16,25H,8,10-12,14-15H2,1H3,(H,26,29). The predicted octanol–water partition coefficient (Wildman–Crippen LogP) is 1.80. The number of rotatable bonds is 7. The first-order valence-electron chi connectivity index (χ1n) is 10.6. The van der Waals surface area contributed by atoms with E-state index in [1.165, 1.54) is 0 Å². The molecule has 0 fully saturated rings. The average Bonchev–Trinajstić information content (AvgIpc) is 3.35. The van der Waals surface area contributed by atoms with E-state index in [1.807, 2.05) is 30.3 Å². The summed E-state index contributed by atoms with van der Waals surface area (Å²) in [4.78, 5) is 43.8. The first-order chi connectivity index (χ1) is 15.6. The fraction of sp³-hybridized carbons (Fsp3) is 0.292. The van der Waals surface area contributed by atoms with Crippen molar-refractivity contribution < 1.29 is 14.3 Å². The summed E-state index contributed by atoms with van der Waals surface area (Å²) >= 11 is 0. The number of nitrogens with one attached hydrogen (secondary N) is 2. The normalized spacial score (nSPS) is 13.0. The summed E-state index contributed by atoms with van der Waals surface area (Å²) in [7, 11) is 1.56. The molecule has 166 valence electrons. The summed E-state index contributed by atoms with van der Waals surface area (Å²) in [5.74, 6) is -0.486. The SMILES string of the molecule is COCCNC(=O)c1c2c(cn(Cc3ccccc3)c1=O)CN(C(=O)c1cc[nH]c1)CC2. The third-order valence-electron chi connectivity index (χ3n) is 5.62. The van der Waals surface area contributed by atoms with Crippen molar-refractivity contribution >= 4 is 11.8 Å². The maximum atomic E-state index is 13.3. The van der Waals surface area contributed by atoms with Crippen LogP contribution in [0.2, 0.25) is 0 Å². The van der Waals surface area contributed by atoms with Crippen molar-refractivity contribution in [3.05, 3.63) is 93.2 Å². The third-order valence-corrected chi connectivity index (χ3v) is 5.62. The molecular weight excluding hydrogens is 408 g/mol. The maximum Gasteiger partial charge on any atom is 0.264 e. The van der Waals surface area contributed by atoms with Crippen LogP contribution in [0.15, 0.2) is 59.8 Å². The Kier molecular flexibility index (Phi) is 6.51. The van der Waals surface area contributed by atoms with Gasteiger partial charge in [0, 0.05) is 45.3 Å². The number of ether oxygens (including phenoxy) is 1. The highest BCUT2D eigenvalue weighted by Crippen LogP contribution is 2.22. The van der Waals surface area contributed by atoms with Gasteiger partial charge in [0.05, 0.1) is 18.7 Å². The van der Waals surface area contributed by atoms with Crippen molar-refractivity contribution in [1.82, 2.24) is 19.8 Å². The molecule has 32 heavy (non-hydrogen) atoms. The minimum absolute atomic E-state index is 0.0798. The number of amides is 2. The Morgan fingerprint density at radius 1 is 1.19 bits per heavy atom. The van der Waals surface area contributed by atoms with E-state index in [0.717, 1.165) is 11.1 Å². The molecule has 0 spiro atoms. The van der Waals surface area contributed by atoms with Crippen LogP contribution in [0.25, 0.3) is 0 Å². The van der Waals surface area contributed by atoms with Crippen LogP contribution in [0.5, 0.6) is 0 Å². The van der Waals surface area contributed by atoms with Gasteiger partial charge in [0.25, 0.3) is 17.4 Å². The second kappa shape index (κ2) is 9.65. The summed E-state index contributed by atoms with van der Waals surface area (Å²) in [6, 6.07) is 11.3. The lowest BCUT2D eigenvalue weighted by molar-refractivity contribution is 0.0734. The van der Waals surface area contributed by atoms with Crippen LogP contribution >= 0.6 is 0 Å². The molecular formula is C24H26N4O4. The van der Waals surface area contributed by atoms with E-state index >= 15 is 0 Å². The van der Waals surface area contributed by atoms with E-state index in [2.05, 4.69) is 10.3 Å². The number of carbonyl (C=O) groups excluding carboxylic acids is 2. The molecule has 0 unspecified atom stereocenters. The van der Waals surface area contributed by atoms with Gasteiger partial charge in [-0.15, -0.1) is 0 Å². The molecule has 2 amide bonds. The van der Waals surface area contributed by atoms with E-state index in [-0.39, 0.29) is 17.0 Å². The summed E-state index contributed by atoms with van der Waals surface area (Å²) in [5.41, 5.74) is 2.90. The zero-order valence-corrected chi connectivity index (χ0v) is 18.0. The Labute approximate surface area is 185 Å². The molecule has 2 aromatic heterocycles. The summed E-state index contributed by atoms with van der Waals surface area (Å²) in [6.45, 7) is 1.80. The van der Waals surface area contributed by atoms with Crippen molar-refractivity contribution in [2.75, 3.05) is 26.8 Å². The molecule has 3 aromatic rings. The van der Waals surface area contributed by atoms with E-state index in [4.69, 9.17) is 4.74 Å². The summed E-state index contributed by atoms with van der Waals surface area (Å²) in [5, 5.41) is 2.78. The van der Waals surface area contributed by atoms with E-state index in [1.54, 1.807) is 41.2 Å². The van der Waals surface area contributed by atoms with Crippen molar-refractivity contribution in [3.8, 4) is 0 Å². The molecule has 8 nitrogen and oxygen atoms in total. The number of nitrogens with zero attached hydrogens (tertiary/aromatic N) is 2. The number of carbonyl (C=O) groups is 2. The van der Waals surface area contributed by atoms with Gasteiger partial charge in [-0.2, -0.15) is 0 Å². The molecule has 0 radical (unpaired) electrons. The zero-order valence-electron chi connectivity index (χ0n) is 18.0. The van der Waals surface area contributed by atoms with Gasteiger partial charge in [-0.1, -0.05) is 30.3 Å². The van der Waals surface area contributed by atoms with Crippen molar-refractivity contribution in [2.24, 2.45) is 0 Å². The lowest BCUT2D eigenvalue weighted by Crippen LogP contribution is -2.41. The predicted molar refractivity (Wildman–Crippen MR) is 120 cm³/mol. The van der Waals surface area contributed by atoms with Gasteiger partial charge in [-0.3, -0.25) is 14.4 Å². The fourth-order valence-electron chi connectivity index (χ4n) is 4.01. The van der Waals surface area contributed by atoms with Gasteiger partial charge in [-0.25, -0.2) is 0 Å². The summed E-state index contributed by atoms with van der Waals surface area (Å²) < 4.78 is 6.56. The van der Waals surface area contributed by atoms with Crippen molar-refractivity contribution in [2.45, 2.75) is 19.5 Å². The van der Waals surface area contributed by atoms with Gasteiger partial charge >= 0.3 is 0 Å². The molecule has 1 aromatic carbocycles. The molecule has 3 heterocycles. The zero-order chi connectivity index (χ0) is 22.5. The molecule has 0 saturated carbocycles. The minimum Gasteiger partial charge on any atom is -0.383 e. The molecule has 0 saturated heterocycles. The van der Waals surface area contributed by atoms with E-state index < -0.39 is 5.91 Å². The number of pyridine rings is 1. The molecule has 0 aliphatic carbocycles. The summed E-state index contributed by atoms with van der Waals surface area (Å²) in [6.07, 6.45) is 5.61. The van der Waals surface area contributed by atoms with Crippen LogP contribution < -0.4 is 10.9 Å². The first kappa shape index (κ1) is 21.6. The Morgan fingerprint density at radius 2 is 2.00 bits per heavy atom. The number of aromatic amines is 1. The van der Waals surface area contributed by atoms with Gasteiger partial charge in [0.2, 0.25) is 0 Å². The quantitative estimate of drug-likeness (QED) is 0.554. The fourth-order valence-corrected chi connectivity index (χ4v) is 4.01. The van der Waals surface area contributed by atoms with Crippen LogP contribution in [-0.4, -0.2) is 53.1 Å². The van der Waals surface area contributed by atoms with Gasteiger partial charge < -0.3 is 24.5 Å². The number of H-pyrrole nitrogens is 1. The lowest BCUT2D eigenvalue weighted by atomic mass is 9.95. The number of methoxy groups -OCH3 is 1. The monoisotopic (exact) mass is 434 g/mol. The van der Waals surface area contributed by atoms with Gasteiger partial charge in [0.15, 0.2) is 0 Å².